The number of nitrogens with zero attached hydrogens (tertiary/aromatic N) is 2. The number of fused-ring (bicyclic) bond motifs is 1. The van der Waals surface area contributed by atoms with Crippen LogP contribution in [-0.4, -0.2) is 34.9 Å². The van der Waals surface area contributed by atoms with E-state index < -0.39 is 0 Å². The number of aromatic nitrogens is 3. The fourth-order valence-corrected chi connectivity index (χ4v) is 2.51. The van der Waals surface area contributed by atoms with Gasteiger partial charge in [0, 0.05) is 12.7 Å². The molecule has 0 aliphatic carbocycles. The van der Waals surface area contributed by atoms with Crippen LogP contribution in [-0.2, 0) is 4.74 Å². The van der Waals surface area contributed by atoms with Crippen LogP contribution in [0.1, 0.15) is 12.5 Å². The lowest BCUT2D eigenvalue weighted by atomic mass is 10.2. The Labute approximate surface area is 103 Å². The summed E-state index contributed by atoms with van der Waals surface area (Å²) in [6.45, 7) is 1.48. The number of imidazole rings is 1. The van der Waals surface area contributed by atoms with Crippen LogP contribution < -0.4 is 4.74 Å². The van der Waals surface area contributed by atoms with Crippen LogP contribution >= 0.6 is 12.2 Å². The second-order valence-electron chi connectivity index (χ2n) is 4.04. The Balaban J connectivity index is 2.20. The molecule has 2 aromatic heterocycles. The Morgan fingerprint density at radius 1 is 1.59 bits per heavy atom. The third-order valence-electron chi connectivity index (χ3n) is 3.02. The number of aromatic amines is 1. The van der Waals surface area contributed by atoms with Crippen molar-refractivity contribution in [2.75, 3.05) is 20.3 Å². The summed E-state index contributed by atoms with van der Waals surface area (Å²) in [7, 11) is 1.61. The SMILES string of the molecule is COc1ccc2[nH]c(=S)n(C3CCOC3)c2n1. The van der Waals surface area contributed by atoms with Crippen molar-refractivity contribution in [3.63, 3.8) is 0 Å². The first-order valence-electron chi connectivity index (χ1n) is 5.52. The molecular weight excluding hydrogens is 238 g/mol. The van der Waals surface area contributed by atoms with Gasteiger partial charge >= 0.3 is 0 Å². The van der Waals surface area contributed by atoms with Gasteiger partial charge in [0.05, 0.1) is 25.3 Å². The van der Waals surface area contributed by atoms with E-state index in [1.54, 1.807) is 7.11 Å². The van der Waals surface area contributed by atoms with E-state index in [1.807, 2.05) is 16.7 Å². The second kappa shape index (κ2) is 4.12. The molecule has 3 heterocycles. The lowest BCUT2D eigenvalue weighted by molar-refractivity contribution is 0.187. The average Bonchev–Trinajstić information content (AvgIpc) is 2.93. The van der Waals surface area contributed by atoms with Crippen LogP contribution in [0.3, 0.4) is 0 Å². The number of rotatable bonds is 2. The minimum absolute atomic E-state index is 0.274. The number of hydrogen-bond donors (Lipinski definition) is 1. The zero-order valence-electron chi connectivity index (χ0n) is 9.47. The Morgan fingerprint density at radius 3 is 3.18 bits per heavy atom. The van der Waals surface area contributed by atoms with Crippen molar-refractivity contribution in [2.45, 2.75) is 12.5 Å². The third-order valence-corrected chi connectivity index (χ3v) is 3.32. The van der Waals surface area contributed by atoms with Gasteiger partial charge in [0.25, 0.3) is 0 Å². The standard InChI is InChI=1S/C11H13N3O2S/c1-15-9-3-2-8-10(13-9)14(11(17)12-8)7-4-5-16-6-7/h2-3,7H,4-6H2,1H3,(H,12,17). The summed E-state index contributed by atoms with van der Waals surface area (Å²) in [5.41, 5.74) is 1.77. The highest BCUT2D eigenvalue weighted by Crippen LogP contribution is 2.25. The fraction of sp³-hybridized carbons (Fsp3) is 0.455. The van der Waals surface area contributed by atoms with E-state index >= 15 is 0 Å². The Bertz CT molecular complexity index is 598. The predicted octanol–water partition coefficient (Wildman–Crippen LogP) is 2.06. The highest BCUT2D eigenvalue weighted by molar-refractivity contribution is 7.71. The molecule has 1 unspecified atom stereocenters. The maximum Gasteiger partial charge on any atom is 0.215 e. The lowest BCUT2D eigenvalue weighted by Crippen LogP contribution is -2.09. The molecule has 0 aromatic carbocycles. The molecule has 0 radical (unpaired) electrons. The van der Waals surface area contributed by atoms with Crippen molar-refractivity contribution >= 4 is 23.4 Å². The van der Waals surface area contributed by atoms with Crippen LogP contribution in [0.5, 0.6) is 5.88 Å². The zero-order valence-corrected chi connectivity index (χ0v) is 10.3. The second-order valence-corrected chi connectivity index (χ2v) is 4.43. The number of ether oxygens (including phenoxy) is 2. The van der Waals surface area contributed by atoms with Gasteiger partial charge in [-0.15, -0.1) is 0 Å². The van der Waals surface area contributed by atoms with Crippen molar-refractivity contribution in [1.82, 2.24) is 14.5 Å². The minimum atomic E-state index is 0.274. The summed E-state index contributed by atoms with van der Waals surface area (Å²) in [6.07, 6.45) is 0.972. The topological polar surface area (TPSA) is 52.1 Å². The first kappa shape index (κ1) is 10.7. The Kier molecular flexibility index (Phi) is 2.60. The van der Waals surface area contributed by atoms with Gasteiger partial charge in [0.1, 0.15) is 0 Å². The molecule has 17 heavy (non-hydrogen) atoms. The summed E-state index contributed by atoms with van der Waals surface area (Å²) in [5.74, 6) is 0.596. The van der Waals surface area contributed by atoms with Crippen LogP contribution in [0, 0.1) is 4.77 Å². The molecule has 1 N–H and O–H groups in total. The molecule has 1 atom stereocenters. The van der Waals surface area contributed by atoms with E-state index in [-0.39, 0.29) is 6.04 Å². The van der Waals surface area contributed by atoms with Gasteiger partial charge in [0.2, 0.25) is 5.88 Å². The smallest absolute Gasteiger partial charge is 0.215 e. The Hall–Kier alpha value is -1.40. The fourth-order valence-electron chi connectivity index (χ4n) is 2.16. The molecule has 5 nitrogen and oxygen atoms in total. The monoisotopic (exact) mass is 251 g/mol. The number of hydrogen-bond acceptors (Lipinski definition) is 4. The molecule has 1 aliphatic heterocycles. The lowest BCUT2D eigenvalue weighted by Gasteiger charge is -2.10. The van der Waals surface area contributed by atoms with Gasteiger partial charge in [-0.05, 0) is 24.7 Å². The molecule has 0 spiro atoms. The molecule has 1 fully saturated rings. The molecule has 3 rings (SSSR count). The van der Waals surface area contributed by atoms with Crippen molar-refractivity contribution in [1.29, 1.82) is 0 Å². The van der Waals surface area contributed by atoms with Gasteiger partial charge in [-0.2, -0.15) is 4.98 Å². The molecule has 0 saturated carbocycles. The Morgan fingerprint density at radius 2 is 2.47 bits per heavy atom. The van der Waals surface area contributed by atoms with Crippen LogP contribution in [0.25, 0.3) is 11.2 Å². The van der Waals surface area contributed by atoms with Gasteiger partial charge in [-0.25, -0.2) is 0 Å². The van der Waals surface area contributed by atoms with Crippen LogP contribution in [0.4, 0.5) is 0 Å². The van der Waals surface area contributed by atoms with Crippen LogP contribution in [0.2, 0.25) is 0 Å². The van der Waals surface area contributed by atoms with Gasteiger partial charge in [-0.3, -0.25) is 4.57 Å². The molecule has 90 valence electrons. The van der Waals surface area contributed by atoms with E-state index in [4.69, 9.17) is 21.7 Å². The van der Waals surface area contributed by atoms with E-state index in [0.717, 1.165) is 24.2 Å². The van der Waals surface area contributed by atoms with Gasteiger partial charge in [0.15, 0.2) is 10.4 Å². The molecule has 2 aromatic rings. The predicted molar refractivity (Wildman–Crippen MR) is 65.9 cm³/mol. The molecule has 1 saturated heterocycles. The normalized spacial score (nSPS) is 19.9. The minimum Gasteiger partial charge on any atom is -0.481 e. The zero-order chi connectivity index (χ0) is 11.8. The maximum absolute atomic E-state index is 5.40. The van der Waals surface area contributed by atoms with Crippen molar-refractivity contribution in [2.24, 2.45) is 0 Å². The molecule has 0 bridgehead atoms. The van der Waals surface area contributed by atoms with E-state index in [1.165, 1.54) is 0 Å². The van der Waals surface area contributed by atoms with E-state index in [9.17, 15) is 0 Å². The highest BCUT2D eigenvalue weighted by atomic mass is 32.1. The molecular formula is C11H13N3O2S. The van der Waals surface area contributed by atoms with Crippen molar-refractivity contribution in [3.8, 4) is 5.88 Å². The summed E-state index contributed by atoms with van der Waals surface area (Å²) >= 11 is 5.34. The largest absolute Gasteiger partial charge is 0.481 e. The molecule has 0 amide bonds. The first-order valence-corrected chi connectivity index (χ1v) is 5.93. The summed E-state index contributed by atoms with van der Waals surface area (Å²) in [6, 6.07) is 4.03. The number of pyridine rings is 1. The van der Waals surface area contributed by atoms with Crippen molar-refractivity contribution in [3.05, 3.63) is 16.9 Å². The molecule has 1 aliphatic rings. The number of nitrogens with one attached hydrogen (secondary N) is 1. The number of H-pyrrole nitrogens is 1. The third kappa shape index (κ3) is 1.73. The molecule has 6 heteroatoms. The summed E-state index contributed by atoms with van der Waals surface area (Å²) in [4.78, 5) is 7.61. The summed E-state index contributed by atoms with van der Waals surface area (Å²) < 4.78 is 13.3. The van der Waals surface area contributed by atoms with Crippen molar-refractivity contribution < 1.29 is 9.47 Å². The van der Waals surface area contributed by atoms with E-state index in [2.05, 4.69) is 9.97 Å². The first-order chi connectivity index (χ1) is 8.29. The van der Waals surface area contributed by atoms with Gasteiger partial charge in [-0.1, -0.05) is 0 Å². The number of methoxy groups -OCH3 is 1. The van der Waals surface area contributed by atoms with Gasteiger partial charge < -0.3 is 14.5 Å². The highest BCUT2D eigenvalue weighted by Gasteiger charge is 2.21. The average molecular weight is 251 g/mol. The van der Waals surface area contributed by atoms with Crippen LogP contribution in [0.15, 0.2) is 12.1 Å². The quantitative estimate of drug-likeness (QED) is 0.830. The van der Waals surface area contributed by atoms with E-state index in [0.29, 0.717) is 17.3 Å². The maximum atomic E-state index is 5.40. The summed E-state index contributed by atoms with van der Waals surface area (Å²) in [5, 5.41) is 0.